The zero-order valence-electron chi connectivity index (χ0n) is 17.9. The van der Waals surface area contributed by atoms with Crippen LogP contribution in [0.5, 0.6) is 0 Å². The molecule has 8 nitrogen and oxygen atoms in total. The van der Waals surface area contributed by atoms with Gasteiger partial charge in [-0.05, 0) is 56.4 Å². The number of aromatic nitrogens is 2. The van der Waals surface area contributed by atoms with Gasteiger partial charge >= 0.3 is 11.8 Å². The van der Waals surface area contributed by atoms with E-state index >= 15 is 0 Å². The third kappa shape index (κ3) is 3.65. The molecular formula is C23H26FN5O3. The number of likely N-dealkylation sites (tertiary alicyclic amines) is 1. The van der Waals surface area contributed by atoms with Crippen molar-refractivity contribution in [1.82, 2.24) is 24.5 Å². The van der Waals surface area contributed by atoms with Crippen molar-refractivity contribution in [1.29, 1.82) is 0 Å². The zero-order valence-corrected chi connectivity index (χ0v) is 17.9. The van der Waals surface area contributed by atoms with Gasteiger partial charge in [0, 0.05) is 50.5 Å². The van der Waals surface area contributed by atoms with E-state index in [2.05, 4.69) is 5.10 Å². The number of piperazine rings is 1. The minimum Gasteiger partial charge on any atom is -0.334 e. The summed E-state index contributed by atoms with van der Waals surface area (Å²) >= 11 is 0. The largest absolute Gasteiger partial charge is 0.334 e. The van der Waals surface area contributed by atoms with Crippen molar-refractivity contribution < 1.29 is 18.8 Å². The number of rotatable bonds is 2. The Labute approximate surface area is 185 Å². The number of halogens is 1. The van der Waals surface area contributed by atoms with E-state index in [1.807, 2.05) is 0 Å². The lowest BCUT2D eigenvalue weighted by molar-refractivity contribution is -0.152. The Balaban J connectivity index is 1.29. The maximum Gasteiger partial charge on any atom is 0.312 e. The summed E-state index contributed by atoms with van der Waals surface area (Å²) in [7, 11) is 0. The van der Waals surface area contributed by atoms with Crippen LogP contribution in [0.4, 0.5) is 4.39 Å². The van der Waals surface area contributed by atoms with Crippen LogP contribution in [-0.2, 0) is 22.4 Å². The summed E-state index contributed by atoms with van der Waals surface area (Å²) in [6.45, 7) is 2.71. The fourth-order valence-corrected chi connectivity index (χ4v) is 4.86. The molecule has 0 saturated carbocycles. The molecule has 0 bridgehead atoms. The molecule has 1 aromatic carbocycles. The molecule has 5 rings (SSSR count). The van der Waals surface area contributed by atoms with Crippen molar-refractivity contribution in [3.05, 3.63) is 47.0 Å². The van der Waals surface area contributed by atoms with Crippen LogP contribution >= 0.6 is 0 Å². The Morgan fingerprint density at radius 3 is 2.00 bits per heavy atom. The number of amides is 3. The van der Waals surface area contributed by atoms with E-state index in [1.165, 1.54) is 12.1 Å². The van der Waals surface area contributed by atoms with E-state index in [-0.39, 0.29) is 11.7 Å². The van der Waals surface area contributed by atoms with Crippen LogP contribution in [0.25, 0.3) is 5.69 Å². The summed E-state index contributed by atoms with van der Waals surface area (Å²) < 4.78 is 15.1. The lowest BCUT2D eigenvalue weighted by Crippen LogP contribution is -2.54. The number of nitrogens with zero attached hydrogens (tertiary/aromatic N) is 5. The first-order valence-electron chi connectivity index (χ1n) is 11.3. The molecule has 2 aromatic rings. The second kappa shape index (κ2) is 8.37. The molecule has 168 valence electrons. The van der Waals surface area contributed by atoms with Gasteiger partial charge in [-0.25, -0.2) is 9.07 Å². The molecule has 3 amide bonds. The first-order valence-corrected chi connectivity index (χ1v) is 11.3. The highest BCUT2D eigenvalue weighted by Crippen LogP contribution is 2.29. The fourth-order valence-electron chi connectivity index (χ4n) is 4.86. The van der Waals surface area contributed by atoms with Crippen LogP contribution in [0.15, 0.2) is 24.3 Å². The summed E-state index contributed by atoms with van der Waals surface area (Å²) in [5.74, 6) is -1.37. The maximum absolute atomic E-state index is 13.3. The predicted molar refractivity (Wildman–Crippen MR) is 114 cm³/mol. The molecule has 0 N–H and O–H groups in total. The van der Waals surface area contributed by atoms with E-state index in [0.717, 1.165) is 49.0 Å². The third-order valence-corrected chi connectivity index (χ3v) is 6.63. The van der Waals surface area contributed by atoms with E-state index in [0.29, 0.717) is 45.0 Å². The quantitative estimate of drug-likeness (QED) is 0.663. The number of hydrogen-bond acceptors (Lipinski definition) is 4. The average molecular weight is 439 g/mol. The minimum absolute atomic E-state index is 0.151. The Bertz CT molecular complexity index is 1050. The molecule has 32 heavy (non-hydrogen) atoms. The molecule has 9 heteroatoms. The zero-order chi connectivity index (χ0) is 22.2. The molecule has 0 unspecified atom stereocenters. The van der Waals surface area contributed by atoms with Crippen LogP contribution < -0.4 is 0 Å². The Morgan fingerprint density at radius 2 is 1.34 bits per heavy atom. The second-order valence-corrected chi connectivity index (χ2v) is 8.60. The topological polar surface area (TPSA) is 78.8 Å². The summed E-state index contributed by atoms with van der Waals surface area (Å²) in [5, 5.41) is 4.60. The van der Waals surface area contributed by atoms with Gasteiger partial charge in [-0.1, -0.05) is 0 Å². The van der Waals surface area contributed by atoms with Crippen molar-refractivity contribution >= 4 is 17.7 Å². The van der Waals surface area contributed by atoms with Gasteiger partial charge in [-0.3, -0.25) is 14.4 Å². The molecule has 0 spiro atoms. The molecule has 2 aliphatic heterocycles. The molecule has 2 saturated heterocycles. The fraction of sp³-hybridized carbons (Fsp3) is 0.478. The van der Waals surface area contributed by atoms with Gasteiger partial charge in [0.25, 0.3) is 5.91 Å². The lowest BCUT2D eigenvalue weighted by atomic mass is 10.1. The van der Waals surface area contributed by atoms with Crippen molar-refractivity contribution in [2.45, 2.75) is 32.1 Å². The van der Waals surface area contributed by atoms with Gasteiger partial charge in [0.1, 0.15) is 5.82 Å². The van der Waals surface area contributed by atoms with E-state index in [9.17, 15) is 18.8 Å². The Morgan fingerprint density at radius 1 is 0.750 bits per heavy atom. The Hall–Kier alpha value is -3.23. The molecule has 3 aliphatic rings. The van der Waals surface area contributed by atoms with E-state index in [1.54, 1.807) is 31.5 Å². The van der Waals surface area contributed by atoms with Crippen molar-refractivity contribution in [3.63, 3.8) is 0 Å². The standard InChI is InChI=1S/C23H26FN5O3/c24-16-6-8-17(9-7-16)29-19-5-3-4-18(19)20(25-29)21(30)27-12-14-28(15-13-27)23(32)22(31)26-10-1-2-11-26/h6-9H,1-5,10-15H2. The lowest BCUT2D eigenvalue weighted by Gasteiger charge is -2.34. The summed E-state index contributed by atoms with van der Waals surface area (Å²) in [6, 6.07) is 6.10. The minimum atomic E-state index is -0.472. The van der Waals surface area contributed by atoms with E-state index < -0.39 is 11.8 Å². The van der Waals surface area contributed by atoms with E-state index in [4.69, 9.17) is 0 Å². The smallest absolute Gasteiger partial charge is 0.312 e. The predicted octanol–water partition coefficient (Wildman–Crippen LogP) is 1.41. The second-order valence-electron chi connectivity index (χ2n) is 8.60. The van der Waals surface area contributed by atoms with Crippen molar-refractivity contribution in [2.75, 3.05) is 39.3 Å². The normalized spacial score (nSPS) is 18.2. The average Bonchev–Trinajstić information content (AvgIpc) is 3.57. The molecule has 3 heterocycles. The highest BCUT2D eigenvalue weighted by atomic mass is 19.1. The first kappa shape index (κ1) is 20.7. The SMILES string of the molecule is O=C(C(=O)N1CCN(C(=O)c2nn(-c3ccc(F)cc3)c3c2CCC3)CC1)N1CCCC1. The van der Waals surface area contributed by atoms with Gasteiger partial charge in [0.15, 0.2) is 5.69 Å². The monoisotopic (exact) mass is 439 g/mol. The summed E-state index contributed by atoms with van der Waals surface area (Å²) in [6.07, 6.45) is 4.45. The number of hydrogen-bond donors (Lipinski definition) is 0. The van der Waals surface area contributed by atoms with Crippen LogP contribution in [0, 0.1) is 5.82 Å². The number of fused-ring (bicyclic) bond motifs is 1. The molecular weight excluding hydrogens is 413 g/mol. The van der Waals surface area contributed by atoms with Crippen molar-refractivity contribution in [3.8, 4) is 5.69 Å². The molecule has 0 atom stereocenters. The molecule has 0 radical (unpaired) electrons. The van der Waals surface area contributed by atoms with Crippen LogP contribution in [0.3, 0.4) is 0 Å². The van der Waals surface area contributed by atoms with Gasteiger partial charge in [0.2, 0.25) is 0 Å². The molecule has 1 aromatic heterocycles. The van der Waals surface area contributed by atoms with Crippen LogP contribution in [0.1, 0.15) is 41.0 Å². The maximum atomic E-state index is 13.3. The molecule has 2 fully saturated rings. The summed E-state index contributed by atoms with van der Waals surface area (Å²) in [4.78, 5) is 43.1. The highest BCUT2D eigenvalue weighted by Gasteiger charge is 2.34. The molecule has 1 aliphatic carbocycles. The highest BCUT2D eigenvalue weighted by molar-refractivity contribution is 6.35. The number of carbonyl (C=O) groups excluding carboxylic acids is 3. The Kier molecular flexibility index (Phi) is 5.40. The van der Waals surface area contributed by atoms with Gasteiger partial charge in [-0.15, -0.1) is 0 Å². The van der Waals surface area contributed by atoms with Gasteiger partial charge in [0.05, 0.1) is 5.69 Å². The van der Waals surface area contributed by atoms with Crippen LogP contribution in [-0.4, -0.2) is 81.5 Å². The number of benzene rings is 1. The third-order valence-electron chi connectivity index (χ3n) is 6.63. The summed E-state index contributed by atoms with van der Waals surface area (Å²) in [5.41, 5.74) is 3.14. The number of carbonyl (C=O) groups is 3. The van der Waals surface area contributed by atoms with Crippen LogP contribution in [0.2, 0.25) is 0 Å². The van der Waals surface area contributed by atoms with Gasteiger partial charge in [-0.2, -0.15) is 5.10 Å². The van der Waals surface area contributed by atoms with Crippen molar-refractivity contribution in [2.24, 2.45) is 0 Å². The first-order chi connectivity index (χ1) is 15.5. The van der Waals surface area contributed by atoms with Gasteiger partial charge < -0.3 is 14.7 Å².